The van der Waals surface area contributed by atoms with Crippen LogP contribution in [0.4, 0.5) is 13.2 Å². The molecule has 0 aliphatic heterocycles. The Morgan fingerprint density at radius 1 is 1.00 bits per heavy atom. The summed E-state index contributed by atoms with van der Waals surface area (Å²) in [5, 5.41) is 0. The molecule has 0 saturated heterocycles. The zero-order valence-electron chi connectivity index (χ0n) is 12.4. The van der Waals surface area contributed by atoms with Gasteiger partial charge in [-0.05, 0) is 34.9 Å². The molecular weight excluding hydrogens is 329 g/mol. The van der Waals surface area contributed by atoms with Crippen molar-refractivity contribution in [3.8, 4) is 0 Å². The highest BCUT2D eigenvalue weighted by Gasteiger charge is 2.28. The zero-order valence-corrected chi connectivity index (χ0v) is 14.0. The van der Waals surface area contributed by atoms with Gasteiger partial charge in [-0.1, -0.05) is 61.8 Å². The van der Waals surface area contributed by atoms with Crippen LogP contribution in [0, 0.1) is 0 Å². The minimum Gasteiger partial charge on any atom is -0.171 e. The molecule has 0 N–H and O–H groups in total. The van der Waals surface area contributed by atoms with Gasteiger partial charge in [0, 0.05) is 11.2 Å². The second kappa shape index (κ2) is 6.97. The molecule has 0 saturated carbocycles. The summed E-state index contributed by atoms with van der Waals surface area (Å²) in [6, 6.07) is 6.13. The topological polar surface area (TPSA) is 0 Å². The maximum atomic E-state index is 12.3. The first-order chi connectivity index (χ1) is 9.11. The molecule has 0 aromatic heterocycles. The zero-order chi connectivity index (χ0) is 15.5. The molecule has 0 nitrogen and oxygen atoms in total. The van der Waals surface area contributed by atoms with Gasteiger partial charge in [0.15, 0.2) is 0 Å². The molecular formula is C16H22BrF3. The monoisotopic (exact) mass is 350 g/mol. The number of alkyl halides is 4. The summed E-state index contributed by atoms with van der Waals surface area (Å²) in [6.07, 6.45) is -4.78. The van der Waals surface area contributed by atoms with Gasteiger partial charge in [0.1, 0.15) is 0 Å². The van der Waals surface area contributed by atoms with Crippen molar-refractivity contribution < 1.29 is 13.2 Å². The number of hydrogen-bond acceptors (Lipinski definition) is 0. The van der Waals surface area contributed by atoms with Crippen LogP contribution in [0.1, 0.15) is 73.9 Å². The van der Waals surface area contributed by atoms with Crippen LogP contribution in [-0.4, -0.2) is 6.18 Å². The molecule has 1 atom stereocenters. The Morgan fingerprint density at radius 2 is 1.60 bits per heavy atom. The summed E-state index contributed by atoms with van der Waals surface area (Å²) in [4.78, 5) is -0.247. The van der Waals surface area contributed by atoms with E-state index in [9.17, 15) is 13.2 Å². The van der Waals surface area contributed by atoms with Crippen molar-refractivity contribution in [1.82, 2.24) is 0 Å². The van der Waals surface area contributed by atoms with Crippen molar-refractivity contribution in [2.45, 2.75) is 63.4 Å². The lowest BCUT2D eigenvalue weighted by molar-refractivity contribution is -0.135. The summed E-state index contributed by atoms with van der Waals surface area (Å²) in [5.74, 6) is 0.722. The molecule has 0 aliphatic rings. The van der Waals surface area contributed by atoms with Crippen molar-refractivity contribution in [3.63, 3.8) is 0 Å². The number of halogens is 4. The van der Waals surface area contributed by atoms with Crippen LogP contribution in [-0.2, 0) is 0 Å². The predicted molar refractivity (Wildman–Crippen MR) is 81.6 cm³/mol. The van der Waals surface area contributed by atoms with Gasteiger partial charge in [-0.2, -0.15) is 13.2 Å². The molecule has 0 amide bonds. The Labute approximate surface area is 127 Å². The molecule has 20 heavy (non-hydrogen) atoms. The van der Waals surface area contributed by atoms with E-state index in [1.165, 1.54) is 5.56 Å². The van der Waals surface area contributed by atoms with E-state index in [4.69, 9.17) is 0 Å². The highest BCUT2D eigenvalue weighted by molar-refractivity contribution is 9.09. The maximum Gasteiger partial charge on any atom is 0.389 e. The van der Waals surface area contributed by atoms with Crippen LogP contribution in [0.15, 0.2) is 18.2 Å². The number of benzene rings is 1. The van der Waals surface area contributed by atoms with Gasteiger partial charge < -0.3 is 0 Å². The average molecular weight is 351 g/mol. The van der Waals surface area contributed by atoms with E-state index in [0.29, 0.717) is 11.8 Å². The molecule has 1 rings (SSSR count). The van der Waals surface area contributed by atoms with Gasteiger partial charge in [0.05, 0.1) is 0 Å². The van der Waals surface area contributed by atoms with Gasteiger partial charge >= 0.3 is 6.18 Å². The van der Waals surface area contributed by atoms with Gasteiger partial charge in [-0.25, -0.2) is 0 Å². The van der Waals surface area contributed by atoms with Crippen LogP contribution in [0.5, 0.6) is 0 Å². The Hall–Kier alpha value is -0.510. The molecule has 0 aliphatic carbocycles. The molecule has 0 bridgehead atoms. The van der Waals surface area contributed by atoms with Gasteiger partial charge in [-0.15, -0.1) is 0 Å². The van der Waals surface area contributed by atoms with Crippen LogP contribution >= 0.6 is 15.9 Å². The summed E-state index contributed by atoms with van der Waals surface area (Å²) < 4.78 is 37.0. The van der Waals surface area contributed by atoms with Crippen molar-refractivity contribution in [2.75, 3.05) is 0 Å². The maximum absolute atomic E-state index is 12.3. The summed E-state index contributed by atoms with van der Waals surface area (Å²) in [6.45, 7) is 8.39. The Morgan fingerprint density at radius 3 is 2.05 bits per heavy atom. The normalized spacial score (nSPS) is 14.1. The number of hydrogen-bond donors (Lipinski definition) is 0. The SMILES string of the molecule is CC(C)c1ccc(C(Br)CCC(F)(F)F)c(C(C)C)c1. The molecule has 114 valence electrons. The van der Waals surface area contributed by atoms with E-state index in [-0.39, 0.29) is 11.2 Å². The highest BCUT2D eigenvalue weighted by Crippen LogP contribution is 2.37. The van der Waals surface area contributed by atoms with Crippen LogP contribution < -0.4 is 0 Å². The average Bonchev–Trinajstić information content (AvgIpc) is 2.34. The van der Waals surface area contributed by atoms with E-state index < -0.39 is 12.6 Å². The fourth-order valence-corrected chi connectivity index (χ4v) is 2.83. The summed E-state index contributed by atoms with van der Waals surface area (Å²) >= 11 is 3.42. The number of rotatable bonds is 5. The first-order valence-corrected chi connectivity index (χ1v) is 7.88. The molecule has 1 aromatic rings. The predicted octanol–water partition coefficient (Wildman–Crippen LogP) is 6.71. The fraction of sp³-hybridized carbons (Fsp3) is 0.625. The highest BCUT2D eigenvalue weighted by atomic mass is 79.9. The fourth-order valence-electron chi connectivity index (χ4n) is 2.18. The molecule has 4 heteroatoms. The minimum atomic E-state index is -4.10. The third kappa shape index (κ3) is 5.12. The first kappa shape index (κ1) is 17.5. The molecule has 1 unspecified atom stereocenters. The van der Waals surface area contributed by atoms with Crippen LogP contribution in [0.2, 0.25) is 0 Å². The molecule has 0 heterocycles. The largest absolute Gasteiger partial charge is 0.389 e. The van der Waals surface area contributed by atoms with E-state index in [1.807, 2.05) is 12.1 Å². The Bertz CT molecular complexity index is 436. The smallest absolute Gasteiger partial charge is 0.171 e. The molecule has 0 radical (unpaired) electrons. The van der Waals surface area contributed by atoms with E-state index in [1.54, 1.807) is 0 Å². The third-order valence-electron chi connectivity index (χ3n) is 3.42. The minimum absolute atomic E-state index is 0.0737. The standard InChI is InChI=1S/C16H22BrF3/c1-10(2)12-5-6-13(14(9-12)11(3)4)15(17)7-8-16(18,19)20/h5-6,9-11,15H,7-8H2,1-4H3. The van der Waals surface area contributed by atoms with E-state index in [2.05, 4.69) is 49.7 Å². The molecule has 0 spiro atoms. The second-order valence-electron chi connectivity index (χ2n) is 5.82. The van der Waals surface area contributed by atoms with Crippen LogP contribution in [0.25, 0.3) is 0 Å². The second-order valence-corrected chi connectivity index (χ2v) is 6.92. The Balaban J connectivity index is 2.98. The lowest BCUT2D eigenvalue weighted by Gasteiger charge is -2.20. The van der Waals surface area contributed by atoms with Crippen LogP contribution in [0.3, 0.4) is 0 Å². The molecule has 0 fully saturated rings. The molecule has 1 aromatic carbocycles. The quantitative estimate of drug-likeness (QED) is 0.517. The lowest BCUT2D eigenvalue weighted by Crippen LogP contribution is -2.09. The summed E-state index contributed by atoms with van der Waals surface area (Å²) in [7, 11) is 0. The van der Waals surface area contributed by atoms with Crippen molar-refractivity contribution >= 4 is 15.9 Å². The third-order valence-corrected chi connectivity index (χ3v) is 4.37. The van der Waals surface area contributed by atoms with Gasteiger partial charge in [-0.3, -0.25) is 0 Å². The van der Waals surface area contributed by atoms with Crippen molar-refractivity contribution in [3.05, 3.63) is 34.9 Å². The van der Waals surface area contributed by atoms with Gasteiger partial charge in [0.2, 0.25) is 0 Å². The summed E-state index contributed by atoms with van der Waals surface area (Å²) in [5.41, 5.74) is 3.35. The van der Waals surface area contributed by atoms with E-state index in [0.717, 1.165) is 11.1 Å². The van der Waals surface area contributed by atoms with E-state index >= 15 is 0 Å². The first-order valence-electron chi connectivity index (χ1n) is 6.96. The van der Waals surface area contributed by atoms with Crippen molar-refractivity contribution in [1.29, 1.82) is 0 Å². The van der Waals surface area contributed by atoms with Crippen molar-refractivity contribution in [2.24, 2.45) is 0 Å². The van der Waals surface area contributed by atoms with Gasteiger partial charge in [0.25, 0.3) is 0 Å². The lowest BCUT2D eigenvalue weighted by atomic mass is 9.89. The Kier molecular flexibility index (Phi) is 6.11.